The molecule has 1 atom stereocenters. The van der Waals surface area contributed by atoms with Crippen LogP contribution in [-0.2, 0) is 24.6 Å². The second kappa shape index (κ2) is 12.7. The van der Waals surface area contributed by atoms with E-state index < -0.39 is 12.0 Å². The van der Waals surface area contributed by atoms with Crippen LogP contribution in [0.2, 0.25) is 5.02 Å². The highest BCUT2D eigenvalue weighted by Gasteiger charge is 2.16. The zero-order valence-corrected chi connectivity index (χ0v) is 22.5. The van der Waals surface area contributed by atoms with Gasteiger partial charge in [-0.3, -0.25) is 9.78 Å². The van der Waals surface area contributed by atoms with Gasteiger partial charge in [0.1, 0.15) is 30.8 Å². The van der Waals surface area contributed by atoms with Crippen molar-refractivity contribution in [2.24, 2.45) is 0 Å². The summed E-state index contributed by atoms with van der Waals surface area (Å²) in [7, 11) is 0. The van der Waals surface area contributed by atoms with Gasteiger partial charge >= 0.3 is 5.97 Å². The van der Waals surface area contributed by atoms with E-state index in [-0.39, 0.29) is 13.2 Å². The topological polar surface area (TPSA) is 80.7 Å². The first-order chi connectivity index (χ1) is 17.9. The summed E-state index contributed by atoms with van der Waals surface area (Å²) < 4.78 is 13.2. The summed E-state index contributed by atoms with van der Waals surface area (Å²) in [5.74, 6) is 0.0764. The number of nitrogens with zero attached hydrogens (tertiary/aromatic N) is 1. The third-order valence-electron chi connectivity index (χ3n) is 5.75. The number of carbonyl (C=O) groups is 1. The third-order valence-corrected chi connectivity index (χ3v) is 6.98. The lowest BCUT2D eigenvalue weighted by Crippen LogP contribution is -2.33. The summed E-state index contributed by atoms with van der Waals surface area (Å²) in [5.41, 5.74) is 4.77. The number of aliphatic carboxylic acids is 1. The van der Waals surface area contributed by atoms with Gasteiger partial charge in [-0.25, -0.2) is 0 Å². The molecule has 0 aliphatic heterocycles. The number of hydrogen-bond donors (Lipinski definition) is 2. The van der Waals surface area contributed by atoms with Crippen LogP contribution in [0.25, 0.3) is 11.1 Å². The van der Waals surface area contributed by atoms with Crippen molar-refractivity contribution in [1.82, 2.24) is 10.3 Å². The largest absolute Gasteiger partial charge is 0.488 e. The highest BCUT2D eigenvalue weighted by molar-refractivity contribution is 9.10. The summed E-state index contributed by atoms with van der Waals surface area (Å²) in [6.45, 7) is 2.43. The van der Waals surface area contributed by atoms with Crippen molar-refractivity contribution in [1.29, 1.82) is 0 Å². The van der Waals surface area contributed by atoms with E-state index in [0.717, 1.165) is 32.3 Å². The van der Waals surface area contributed by atoms with E-state index in [1.165, 1.54) is 0 Å². The molecule has 6 nitrogen and oxygen atoms in total. The number of rotatable bonds is 11. The molecule has 2 N–H and O–H groups in total. The lowest BCUT2D eigenvalue weighted by Gasteiger charge is -2.18. The van der Waals surface area contributed by atoms with E-state index in [1.807, 2.05) is 42.5 Å². The summed E-state index contributed by atoms with van der Waals surface area (Å²) in [4.78, 5) is 15.4. The number of pyridine rings is 1. The maximum absolute atomic E-state index is 11.2. The van der Waals surface area contributed by atoms with Crippen molar-refractivity contribution in [3.63, 3.8) is 0 Å². The number of aromatic nitrogens is 1. The quantitative estimate of drug-likeness (QED) is 0.201. The Morgan fingerprint density at radius 2 is 1.78 bits per heavy atom. The molecule has 0 fully saturated rings. The standard InChI is InChI=1S/C29H26BrClN2O4/c1-19(29(34)35)33-16-23-13-25(31)27(14-26(23)36-17-20-7-6-12-32-15-20)37-18-22-10-5-11-24(28(22)30)21-8-3-2-4-9-21/h2-15,19,33H,16-18H2,1H3,(H,34,35)/t19-/m0/s1. The number of halogens is 2. The van der Waals surface area contributed by atoms with Gasteiger partial charge in [-0.05, 0) is 46.1 Å². The Labute approximate surface area is 229 Å². The van der Waals surface area contributed by atoms with Crippen LogP contribution in [0.1, 0.15) is 23.6 Å². The maximum Gasteiger partial charge on any atom is 0.320 e. The van der Waals surface area contributed by atoms with Gasteiger partial charge in [-0.2, -0.15) is 0 Å². The van der Waals surface area contributed by atoms with Crippen LogP contribution < -0.4 is 14.8 Å². The van der Waals surface area contributed by atoms with Crippen molar-refractivity contribution in [2.45, 2.75) is 32.7 Å². The van der Waals surface area contributed by atoms with Gasteiger partial charge in [0.05, 0.1) is 5.02 Å². The van der Waals surface area contributed by atoms with Crippen molar-refractivity contribution in [2.75, 3.05) is 0 Å². The SMILES string of the molecule is C[C@H](NCc1cc(Cl)c(OCc2cccc(-c3ccccc3)c2Br)cc1OCc1cccnc1)C(=O)O. The van der Waals surface area contributed by atoms with Crippen LogP contribution in [0.5, 0.6) is 11.5 Å². The number of nitrogens with one attached hydrogen (secondary N) is 1. The highest BCUT2D eigenvalue weighted by Crippen LogP contribution is 2.36. The normalized spacial score (nSPS) is 11.6. The summed E-state index contributed by atoms with van der Waals surface area (Å²) >= 11 is 10.3. The Bertz CT molecular complexity index is 1350. The third kappa shape index (κ3) is 7.10. The molecule has 0 aliphatic carbocycles. The molecule has 0 saturated carbocycles. The molecule has 4 rings (SSSR count). The molecule has 0 bridgehead atoms. The fourth-order valence-corrected chi connectivity index (χ4v) is 4.49. The first-order valence-electron chi connectivity index (χ1n) is 11.7. The van der Waals surface area contributed by atoms with Gasteiger partial charge in [0.2, 0.25) is 0 Å². The Kier molecular flexibility index (Phi) is 9.17. The van der Waals surface area contributed by atoms with E-state index >= 15 is 0 Å². The minimum Gasteiger partial charge on any atom is -0.488 e. The van der Waals surface area contributed by atoms with Crippen LogP contribution >= 0.6 is 27.5 Å². The molecule has 0 amide bonds. The van der Waals surface area contributed by atoms with E-state index in [4.69, 9.17) is 21.1 Å². The van der Waals surface area contributed by atoms with Gasteiger partial charge in [-0.1, -0.05) is 66.2 Å². The molecular formula is C29H26BrClN2O4. The van der Waals surface area contributed by atoms with Crippen LogP contribution in [0.4, 0.5) is 0 Å². The first kappa shape index (κ1) is 26.7. The second-order valence-electron chi connectivity index (χ2n) is 8.41. The van der Waals surface area contributed by atoms with Crippen LogP contribution in [0, 0.1) is 0 Å². The van der Waals surface area contributed by atoms with Crippen LogP contribution in [0.3, 0.4) is 0 Å². The number of carboxylic acid groups (broad SMARTS) is 1. The number of ether oxygens (including phenoxy) is 2. The van der Waals surface area contributed by atoms with Gasteiger partial charge in [0.15, 0.2) is 0 Å². The Morgan fingerprint density at radius 3 is 2.51 bits per heavy atom. The highest BCUT2D eigenvalue weighted by atomic mass is 79.9. The molecule has 0 saturated heterocycles. The molecule has 37 heavy (non-hydrogen) atoms. The fraction of sp³-hybridized carbons (Fsp3) is 0.172. The van der Waals surface area contributed by atoms with Crippen molar-refractivity contribution in [3.05, 3.63) is 111 Å². The second-order valence-corrected chi connectivity index (χ2v) is 9.61. The Balaban J connectivity index is 1.56. The minimum atomic E-state index is -0.938. The van der Waals surface area contributed by atoms with E-state index in [2.05, 4.69) is 44.4 Å². The summed E-state index contributed by atoms with van der Waals surface area (Å²) in [5, 5.41) is 12.6. The summed E-state index contributed by atoms with van der Waals surface area (Å²) in [6, 6.07) is 22.7. The maximum atomic E-state index is 11.2. The van der Waals surface area contributed by atoms with E-state index in [1.54, 1.807) is 31.5 Å². The van der Waals surface area contributed by atoms with E-state index in [9.17, 15) is 9.90 Å². The van der Waals surface area contributed by atoms with Gasteiger partial charge < -0.3 is 19.9 Å². The molecule has 0 unspecified atom stereocenters. The average molecular weight is 582 g/mol. The zero-order valence-electron chi connectivity index (χ0n) is 20.2. The predicted molar refractivity (Wildman–Crippen MR) is 148 cm³/mol. The molecule has 0 spiro atoms. The lowest BCUT2D eigenvalue weighted by atomic mass is 10.0. The number of carboxylic acids is 1. The minimum absolute atomic E-state index is 0.264. The van der Waals surface area contributed by atoms with Crippen molar-refractivity contribution < 1.29 is 19.4 Å². The van der Waals surface area contributed by atoms with E-state index in [0.29, 0.717) is 23.1 Å². The Hall–Kier alpha value is -3.39. The molecule has 0 radical (unpaired) electrons. The first-order valence-corrected chi connectivity index (χ1v) is 12.9. The van der Waals surface area contributed by atoms with Crippen LogP contribution in [-0.4, -0.2) is 22.1 Å². The lowest BCUT2D eigenvalue weighted by molar-refractivity contribution is -0.139. The monoisotopic (exact) mass is 580 g/mol. The molecule has 1 aromatic heterocycles. The predicted octanol–water partition coefficient (Wildman–Crippen LogP) is 6.89. The molecule has 1 heterocycles. The molecule has 3 aromatic carbocycles. The molecular weight excluding hydrogens is 556 g/mol. The van der Waals surface area contributed by atoms with Gasteiger partial charge in [0.25, 0.3) is 0 Å². The number of benzene rings is 3. The molecule has 8 heteroatoms. The molecule has 4 aromatic rings. The van der Waals surface area contributed by atoms with Crippen LogP contribution in [0.15, 0.2) is 89.7 Å². The smallest absolute Gasteiger partial charge is 0.320 e. The Morgan fingerprint density at radius 1 is 1.00 bits per heavy atom. The molecule has 190 valence electrons. The average Bonchev–Trinajstić information content (AvgIpc) is 2.92. The fourth-order valence-electron chi connectivity index (χ4n) is 3.64. The van der Waals surface area contributed by atoms with Crippen molar-refractivity contribution >= 4 is 33.5 Å². The van der Waals surface area contributed by atoms with Gasteiger partial charge in [0, 0.05) is 46.2 Å². The van der Waals surface area contributed by atoms with Gasteiger partial charge in [-0.15, -0.1) is 0 Å². The van der Waals surface area contributed by atoms with Crippen molar-refractivity contribution in [3.8, 4) is 22.6 Å². The molecule has 0 aliphatic rings. The zero-order chi connectivity index (χ0) is 26.2. The summed E-state index contributed by atoms with van der Waals surface area (Å²) in [6.07, 6.45) is 3.43. The number of hydrogen-bond acceptors (Lipinski definition) is 5.